The first-order valence-corrected chi connectivity index (χ1v) is 5.52. The van der Waals surface area contributed by atoms with Gasteiger partial charge in [0.1, 0.15) is 11.5 Å². The van der Waals surface area contributed by atoms with E-state index < -0.39 is 5.82 Å². The minimum Gasteiger partial charge on any atom is -0.398 e. The van der Waals surface area contributed by atoms with Gasteiger partial charge in [0.05, 0.1) is 5.56 Å². The molecule has 19 heavy (non-hydrogen) atoms. The van der Waals surface area contributed by atoms with Crippen LogP contribution in [0.1, 0.15) is 0 Å². The molecule has 0 aliphatic carbocycles. The van der Waals surface area contributed by atoms with Gasteiger partial charge in [0, 0.05) is 18.9 Å². The van der Waals surface area contributed by atoms with Crippen molar-refractivity contribution >= 4 is 5.69 Å². The fraction of sp³-hybridized carbons (Fsp3) is 0.0833. The Morgan fingerprint density at radius 2 is 2.16 bits per heavy atom. The molecule has 0 spiro atoms. The number of hydrogen-bond donors (Lipinski definition) is 1. The van der Waals surface area contributed by atoms with Crippen LogP contribution >= 0.6 is 0 Å². The Morgan fingerprint density at radius 3 is 2.89 bits per heavy atom. The number of aryl methyl sites for hydroxylation is 1. The van der Waals surface area contributed by atoms with Gasteiger partial charge in [0.25, 0.3) is 5.89 Å². The molecule has 1 aromatic carbocycles. The van der Waals surface area contributed by atoms with E-state index in [1.165, 1.54) is 18.2 Å². The lowest BCUT2D eigenvalue weighted by molar-refractivity contribution is 0.432. The molecule has 0 unspecified atom stereocenters. The number of rotatable bonds is 2. The van der Waals surface area contributed by atoms with Crippen LogP contribution in [0.15, 0.2) is 35.0 Å². The molecule has 7 heteroatoms. The summed E-state index contributed by atoms with van der Waals surface area (Å²) in [7, 11) is 1.79. The van der Waals surface area contributed by atoms with Crippen molar-refractivity contribution in [3.8, 4) is 23.0 Å². The zero-order chi connectivity index (χ0) is 13.4. The average Bonchev–Trinajstić information content (AvgIpc) is 3.00. The molecule has 0 amide bonds. The zero-order valence-electron chi connectivity index (χ0n) is 10.0. The van der Waals surface area contributed by atoms with E-state index in [0.717, 1.165) is 0 Å². The normalized spacial score (nSPS) is 10.8. The summed E-state index contributed by atoms with van der Waals surface area (Å²) in [6.07, 6.45) is 1.77. The standard InChI is InChI=1S/C12H10FN5O/c1-18-5-4-10(16-18)11-15-12(19-17-11)8-6-7(13)2-3-9(8)14/h2-6H,14H2,1H3. The minimum atomic E-state index is -0.415. The molecule has 0 saturated carbocycles. The smallest absolute Gasteiger partial charge is 0.260 e. The molecule has 0 saturated heterocycles. The van der Waals surface area contributed by atoms with E-state index in [0.29, 0.717) is 22.8 Å². The molecule has 0 radical (unpaired) electrons. The maximum Gasteiger partial charge on any atom is 0.260 e. The van der Waals surface area contributed by atoms with Crippen molar-refractivity contribution in [3.05, 3.63) is 36.3 Å². The third-order valence-corrected chi connectivity index (χ3v) is 2.61. The first kappa shape index (κ1) is 11.4. The number of hydrogen-bond acceptors (Lipinski definition) is 5. The summed E-state index contributed by atoms with van der Waals surface area (Å²) >= 11 is 0. The third-order valence-electron chi connectivity index (χ3n) is 2.61. The lowest BCUT2D eigenvalue weighted by Crippen LogP contribution is -1.91. The summed E-state index contributed by atoms with van der Waals surface area (Å²) in [5.41, 5.74) is 7.08. The van der Waals surface area contributed by atoms with Crippen LogP contribution in [-0.2, 0) is 7.05 Å². The SMILES string of the molecule is Cn1ccc(-c2noc(-c3cc(F)ccc3N)n2)n1. The van der Waals surface area contributed by atoms with Gasteiger partial charge < -0.3 is 10.3 Å². The summed E-state index contributed by atoms with van der Waals surface area (Å²) in [4.78, 5) is 4.17. The first-order chi connectivity index (χ1) is 9.13. The van der Waals surface area contributed by atoms with E-state index in [1.807, 2.05) is 0 Å². The van der Waals surface area contributed by atoms with Gasteiger partial charge in [-0.2, -0.15) is 10.1 Å². The van der Waals surface area contributed by atoms with E-state index in [-0.39, 0.29) is 5.89 Å². The Bertz CT molecular complexity index is 733. The van der Waals surface area contributed by atoms with Gasteiger partial charge in [0.15, 0.2) is 0 Å². The molecule has 0 bridgehead atoms. The number of halogens is 1. The molecule has 96 valence electrons. The Labute approximate surface area is 107 Å². The van der Waals surface area contributed by atoms with Crippen molar-refractivity contribution in [2.45, 2.75) is 0 Å². The molecule has 2 heterocycles. The monoisotopic (exact) mass is 259 g/mol. The molecule has 3 aromatic rings. The molecule has 2 aromatic heterocycles. The summed E-state index contributed by atoms with van der Waals surface area (Å²) in [5.74, 6) is 0.0821. The van der Waals surface area contributed by atoms with Gasteiger partial charge in [-0.25, -0.2) is 4.39 Å². The molecule has 0 fully saturated rings. The predicted molar refractivity (Wildman–Crippen MR) is 66.3 cm³/mol. The average molecular weight is 259 g/mol. The highest BCUT2D eigenvalue weighted by molar-refractivity contribution is 5.71. The molecule has 0 aliphatic rings. The van der Waals surface area contributed by atoms with Crippen molar-refractivity contribution in [1.82, 2.24) is 19.9 Å². The van der Waals surface area contributed by atoms with Gasteiger partial charge in [-0.15, -0.1) is 0 Å². The molecular weight excluding hydrogens is 249 g/mol. The number of nitrogens with two attached hydrogens (primary N) is 1. The van der Waals surface area contributed by atoms with Crippen LogP contribution in [0.5, 0.6) is 0 Å². The Morgan fingerprint density at radius 1 is 1.32 bits per heavy atom. The second-order valence-electron chi connectivity index (χ2n) is 4.03. The van der Waals surface area contributed by atoms with E-state index >= 15 is 0 Å². The maximum absolute atomic E-state index is 13.2. The van der Waals surface area contributed by atoms with Crippen LogP contribution < -0.4 is 5.73 Å². The zero-order valence-corrected chi connectivity index (χ0v) is 10.0. The Kier molecular flexibility index (Phi) is 2.52. The Hall–Kier alpha value is -2.70. The lowest BCUT2D eigenvalue weighted by atomic mass is 10.2. The maximum atomic E-state index is 13.2. The summed E-state index contributed by atoms with van der Waals surface area (Å²) in [5, 5.41) is 7.96. The molecule has 0 atom stereocenters. The third kappa shape index (κ3) is 2.05. The van der Waals surface area contributed by atoms with Gasteiger partial charge in [-0.05, 0) is 24.3 Å². The molecular formula is C12H10FN5O. The largest absolute Gasteiger partial charge is 0.398 e. The molecule has 3 rings (SSSR count). The summed E-state index contributed by atoms with van der Waals surface area (Å²) in [6, 6.07) is 5.73. The van der Waals surface area contributed by atoms with Crippen LogP contribution in [0.25, 0.3) is 23.0 Å². The number of nitrogens with zero attached hydrogens (tertiary/aromatic N) is 4. The van der Waals surface area contributed by atoms with Crippen molar-refractivity contribution in [2.24, 2.45) is 7.05 Å². The van der Waals surface area contributed by atoms with Crippen molar-refractivity contribution in [2.75, 3.05) is 5.73 Å². The minimum absolute atomic E-state index is 0.164. The number of aromatic nitrogens is 4. The van der Waals surface area contributed by atoms with E-state index in [4.69, 9.17) is 10.3 Å². The van der Waals surface area contributed by atoms with Gasteiger partial charge >= 0.3 is 0 Å². The van der Waals surface area contributed by atoms with Gasteiger partial charge in [-0.1, -0.05) is 5.16 Å². The topological polar surface area (TPSA) is 82.8 Å². The molecule has 2 N–H and O–H groups in total. The first-order valence-electron chi connectivity index (χ1n) is 5.52. The van der Waals surface area contributed by atoms with E-state index in [9.17, 15) is 4.39 Å². The van der Waals surface area contributed by atoms with Gasteiger partial charge in [0.2, 0.25) is 5.82 Å². The van der Waals surface area contributed by atoms with Gasteiger partial charge in [-0.3, -0.25) is 4.68 Å². The van der Waals surface area contributed by atoms with Crippen LogP contribution in [0.3, 0.4) is 0 Å². The molecule has 0 aliphatic heterocycles. The molecule has 6 nitrogen and oxygen atoms in total. The fourth-order valence-corrected chi connectivity index (χ4v) is 1.68. The van der Waals surface area contributed by atoms with Crippen LogP contribution in [-0.4, -0.2) is 19.9 Å². The Balaban J connectivity index is 2.03. The van der Waals surface area contributed by atoms with E-state index in [1.54, 1.807) is 24.0 Å². The second kappa shape index (κ2) is 4.20. The highest BCUT2D eigenvalue weighted by Crippen LogP contribution is 2.26. The summed E-state index contributed by atoms with van der Waals surface area (Å²) < 4.78 is 19.9. The number of benzene rings is 1. The van der Waals surface area contributed by atoms with Crippen molar-refractivity contribution in [1.29, 1.82) is 0 Å². The highest BCUT2D eigenvalue weighted by Gasteiger charge is 2.15. The van der Waals surface area contributed by atoms with E-state index in [2.05, 4.69) is 15.2 Å². The van der Waals surface area contributed by atoms with Crippen molar-refractivity contribution in [3.63, 3.8) is 0 Å². The number of nitrogen functional groups attached to an aromatic ring is 1. The highest BCUT2D eigenvalue weighted by atomic mass is 19.1. The second-order valence-corrected chi connectivity index (χ2v) is 4.03. The summed E-state index contributed by atoms with van der Waals surface area (Å²) in [6.45, 7) is 0. The van der Waals surface area contributed by atoms with Crippen molar-refractivity contribution < 1.29 is 8.91 Å². The van der Waals surface area contributed by atoms with Crippen LogP contribution in [0, 0.1) is 5.82 Å². The van der Waals surface area contributed by atoms with Crippen LogP contribution in [0.4, 0.5) is 10.1 Å². The predicted octanol–water partition coefficient (Wildman–Crippen LogP) is 1.86. The van der Waals surface area contributed by atoms with Crippen LogP contribution in [0.2, 0.25) is 0 Å². The number of anilines is 1. The fourth-order valence-electron chi connectivity index (χ4n) is 1.68. The lowest BCUT2D eigenvalue weighted by Gasteiger charge is -1.99. The quantitative estimate of drug-likeness (QED) is 0.710.